The fraction of sp³-hybridized carbons (Fsp3) is 0.833. The van der Waals surface area contributed by atoms with Gasteiger partial charge in [0.25, 0.3) is 0 Å². The zero-order chi connectivity index (χ0) is 12.1. The third kappa shape index (κ3) is 3.39. The molecule has 1 fully saturated rings. The van der Waals surface area contributed by atoms with E-state index in [1.54, 1.807) is 11.5 Å². The van der Waals surface area contributed by atoms with Crippen molar-refractivity contribution in [2.75, 3.05) is 37.6 Å². The van der Waals surface area contributed by atoms with E-state index >= 15 is 0 Å². The van der Waals surface area contributed by atoms with Gasteiger partial charge in [-0.3, -0.25) is 0 Å². The second-order valence-corrected chi connectivity index (χ2v) is 5.26. The number of nitrogens with zero attached hydrogens (tertiary/aromatic N) is 4. The van der Waals surface area contributed by atoms with E-state index in [1.165, 1.54) is 25.9 Å². The lowest BCUT2D eigenvalue weighted by atomic mass is 10.3. The van der Waals surface area contributed by atoms with Crippen molar-refractivity contribution >= 4 is 16.7 Å². The van der Waals surface area contributed by atoms with Crippen LogP contribution in [0, 0.1) is 0 Å². The molecule has 0 spiro atoms. The molecule has 0 bridgehead atoms. The van der Waals surface area contributed by atoms with Crippen LogP contribution in [0.2, 0.25) is 0 Å². The topological polar surface area (TPSA) is 32.3 Å². The van der Waals surface area contributed by atoms with Gasteiger partial charge in [-0.05, 0) is 25.9 Å². The molecule has 1 aromatic heterocycles. The predicted molar refractivity (Wildman–Crippen MR) is 72.8 cm³/mol. The average molecular weight is 254 g/mol. The van der Waals surface area contributed by atoms with Gasteiger partial charge in [-0.2, -0.15) is 4.37 Å². The molecule has 0 amide bonds. The molecule has 5 heteroatoms. The summed E-state index contributed by atoms with van der Waals surface area (Å²) >= 11 is 1.55. The Balaban J connectivity index is 1.93. The second-order valence-electron chi connectivity index (χ2n) is 4.53. The SMILES string of the molecule is CCCN1CCCN(c2nc(CC)ns2)CC1. The molecule has 0 aromatic carbocycles. The molecule has 4 nitrogen and oxygen atoms in total. The fourth-order valence-corrected chi connectivity index (χ4v) is 3.02. The fourth-order valence-electron chi connectivity index (χ4n) is 2.22. The Kier molecular flexibility index (Phi) is 4.74. The Morgan fingerprint density at radius 3 is 2.76 bits per heavy atom. The molecule has 2 rings (SSSR count). The second kappa shape index (κ2) is 6.31. The lowest BCUT2D eigenvalue weighted by molar-refractivity contribution is 0.294. The van der Waals surface area contributed by atoms with E-state index in [4.69, 9.17) is 0 Å². The summed E-state index contributed by atoms with van der Waals surface area (Å²) in [4.78, 5) is 9.53. The van der Waals surface area contributed by atoms with Gasteiger partial charge in [0.15, 0.2) is 0 Å². The maximum Gasteiger partial charge on any atom is 0.205 e. The van der Waals surface area contributed by atoms with Crippen molar-refractivity contribution in [2.24, 2.45) is 0 Å². The first-order valence-corrected chi connectivity index (χ1v) is 7.40. The largest absolute Gasteiger partial charge is 0.346 e. The Morgan fingerprint density at radius 1 is 1.18 bits per heavy atom. The van der Waals surface area contributed by atoms with E-state index < -0.39 is 0 Å². The predicted octanol–water partition coefficient (Wildman–Crippen LogP) is 2.02. The van der Waals surface area contributed by atoms with E-state index in [-0.39, 0.29) is 0 Å². The van der Waals surface area contributed by atoms with Crippen LogP contribution in [-0.4, -0.2) is 47.0 Å². The van der Waals surface area contributed by atoms with Gasteiger partial charge in [0.05, 0.1) is 0 Å². The summed E-state index contributed by atoms with van der Waals surface area (Å²) in [6.07, 6.45) is 3.42. The minimum absolute atomic E-state index is 0.937. The van der Waals surface area contributed by atoms with Crippen molar-refractivity contribution in [3.05, 3.63) is 5.82 Å². The maximum atomic E-state index is 4.58. The van der Waals surface area contributed by atoms with Crippen LogP contribution in [0.15, 0.2) is 0 Å². The smallest absolute Gasteiger partial charge is 0.205 e. The summed E-state index contributed by atoms with van der Waals surface area (Å²) in [5.41, 5.74) is 0. The normalized spacial score (nSPS) is 18.4. The number of hydrogen-bond acceptors (Lipinski definition) is 5. The molecule has 96 valence electrons. The van der Waals surface area contributed by atoms with E-state index in [9.17, 15) is 0 Å². The van der Waals surface area contributed by atoms with E-state index in [0.29, 0.717) is 0 Å². The Hall–Kier alpha value is -0.680. The summed E-state index contributed by atoms with van der Waals surface area (Å²) in [6.45, 7) is 10.2. The number of aryl methyl sites for hydroxylation is 1. The highest BCUT2D eigenvalue weighted by Gasteiger charge is 2.17. The highest BCUT2D eigenvalue weighted by Crippen LogP contribution is 2.19. The zero-order valence-corrected chi connectivity index (χ0v) is 11.7. The molecule has 17 heavy (non-hydrogen) atoms. The molecule has 0 aliphatic carbocycles. The van der Waals surface area contributed by atoms with Crippen molar-refractivity contribution in [3.8, 4) is 0 Å². The van der Waals surface area contributed by atoms with Crippen LogP contribution in [0.4, 0.5) is 5.13 Å². The van der Waals surface area contributed by atoms with Crippen LogP contribution < -0.4 is 4.90 Å². The van der Waals surface area contributed by atoms with Gasteiger partial charge in [-0.15, -0.1) is 0 Å². The molecule has 0 saturated carbocycles. The van der Waals surface area contributed by atoms with Gasteiger partial charge in [0.2, 0.25) is 5.13 Å². The Bertz CT molecular complexity index is 339. The molecule has 1 aliphatic rings. The van der Waals surface area contributed by atoms with Gasteiger partial charge in [-0.25, -0.2) is 4.98 Å². The van der Waals surface area contributed by atoms with Gasteiger partial charge < -0.3 is 9.80 Å². The Morgan fingerprint density at radius 2 is 2.06 bits per heavy atom. The van der Waals surface area contributed by atoms with Crippen molar-refractivity contribution in [1.29, 1.82) is 0 Å². The van der Waals surface area contributed by atoms with Crippen LogP contribution in [0.1, 0.15) is 32.5 Å². The lowest BCUT2D eigenvalue weighted by Gasteiger charge is -2.20. The molecule has 0 radical (unpaired) electrons. The van der Waals surface area contributed by atoms with Crippen LogP contribution in [0.3, 0.4) is 0 Å². The summed E-state index contributed by atoms with van der Waals surface area (Å²) in [7, 11) is 0. The van der Waals surface area contributed by atoms with Crippen molar-refractivity contribution in [1.82, 2.24) is 14.3 Å². The standard InChI is InChI=1S/C12H22N4S/c1-3-6-15-7-5-8-16(10-9-15)12-13-11(4-2)14-17-12/h3-10H2,1-2H3. The first-order chi connectivity index (χ1) is 8.33. The summed E-state index contributed by atoms with van der Waals surface area (Å²) in [6, 6.07) is 0. The highest BCUT2D eigenvalue weighted by atomic mass is 32.1. The first-order valence-electron chi connectivity index (χ1n) is 6.63. The minimum atomic E-state index is 0.937. The first kappa shape index (κ1) is 12.8. The molecule has 0 atom stereocenters. The molecule has 1 saturated heterocycles. The zero-order valence-electron chi connectivity index (χ0n) is 10.9. The van der Waals surface area contributed by atoms with Gasteiger partial charge in [0, 0.05) is 37.6 Å². The summed E-state index contributed by atoms with van der Waals surface area (Å²) < 4.78 is 4.37. The van der Waals surface area contributed by atoms with Gasteiger partial charge in [0.1, 0.15) is 5.82 Å². The molecule has 1 aliphatic heterocycles. The third-order valence-electron chi connectivity index (χ3n) is 3.17. The maximum absolute atomic E-state index is 4.58. The molecule has 0 unspecified atom stereocenters. The quantitative estimate of drug-likeness (QED) is 0.823. The number of anilines is 1. The van der Waals surface area contributed by atoms with Crippen LogP contribution in [-0.2, 0) is 6.42 Å². The lowest BCUT2D eigenvalue weighted by Crippen LogP contribution is -2.31. The van der Waals surface area contributed by atoms with E-state index in [2.05, 4.69) is 33.0 Å². The molecule has 0 N–H and O–H groups in total. The number of hydrogen-bond donors (Lipinski definition) is 0. The third-order valence-corrected chi connectivity index (χ3v) is 3.99. The molecule has 1 aromatic rings. The average Bonchev–Trinajstić information content (AvgIpc) is 2.70. The van der Waals surface area contributed by atoms with E-state index in [0.717, 1.165) is 37.0 Å². The monoisotopic (exact) mass is 254 g/mol. The Labute approximate surface area is 108 Å². The number of aromatic nitrogens is 2. The van der Waals surface area contributed by atoms with Crippen LogP contribution in [0.25, 0.3) is 0 Å². The van der Waals surface area contributed by atoms with Crippen LogP contribution >= 0.6 is 11.5 Å². The molecular weight excluding hydrogens is 232 g/mol. The molecule has 2 heterocycles. The van der Waals surface area contributed by atoms with Crippen molar-refractivity contribution in [3.63, 3.8) is 0 Å². The minimum Gasteiger partial charge on any atom is -0.346 e. The van der Waals surface area contributed by atoms with Crippen LogP contribution in [0.5, 0.6) is 0 Å². The van der Waals surface area contributed by atoms with Crippen molar-refractivity contribution < 1.29 is 0 Å². The summed E-state index contributed by atoms with van der Waals surface area (Å²) in [5.74, 6) is 0.986. The highest BCUT2D eigenvalue weighted by molar-refractivity contribution is 7.09. The van der Waals surface area contributed by atoms with Gasteiger partial charge in [-0.1, -0.05) is 13.8 Å². The van der Waals surface area contributed by atoms with Gasteiger partial charge >= 0.3 is 0 Å². The van der Waals surface area contributed by atoms with E-state index in [1.807, 2.05) is 0 Å². The molecular formula is C12H22N4S. The summed E-state index contributed by atoms with van der Waals surface area (Å²) in [5, 5.41) is 1.11. The van der Waals surface area contributed by atoms with Crippen molar-refractivity contribution in [2.45, 2.75) is 33.1 Å². The number of rotatable bonds is 4.